The van der Waals surface area contributed by atoms with Crippen molar-refractivity contribution in [1.82, 2.24) is 14.8 Å². The topological polar surface area (TPSA) is 66.7 Å². The van der Waals surface area contributed by atoms with Crippen LogP contribution < -0.4 is 0 Å². The van der Waals surface area contributed by atoms with Crippen LogP contribution in [0.2, 0.25) is 0 Å². The second-order valence-electron chi connectivity index (χ2n) is 7.10. The summed E-state index contributed by atoms with van der Waals surface area (Å²) in [5.74, 6) is 0.761. The van der Waals surface area contributed by atoms with Gasteiger partial charge < -0.3 is 14.2 Å². The van der Waals surface area contributed by atoms with Gasteiger partial charge in [0.05, 0.1) is 12.7 Å². The number of oxazole rings is 1. The van der Waals surface area contributed by atoms with Gasteiger partial charge in [-0.2, -0.15) is 0 Å². The maximum absolute atomic E-state index is 13.8. The van der Waals surface area contributed by atoms with Crippen molar-refractivity contribution in [2.24, 2.45) is 0 Å². The summed E-state index contributed by atoms with van der Waals surface area (Å²) in [5.41, 5.74) is 0.548. The molecular weight excluding hydrogens is 349 g/mol. The molecule has 2 saturated heterocycles. The zero-order valence-corrected chi connectivity index (χ0v) is 15.1. The number of likely N-dealkylation sites (tertiary alicyclic amines) is 2. The lowest BCUT2D eigenvalue weighted by Gasteiger charge is -2.25. The van der Waals surface area contributed by atoms with E-state index in [4.69, 9.17) is 4.42 Å². The normalized spacial score (nSPS) is 19.9. The fourth-order valence-corrected chi connectivity index (χ4v) is 3.84. The van der Waals surface area contributed by atoms with Gasteiger partial charge in [-0.1, -0.05) is 18.2 Å². The van der Waals surface area contributed by atoms with Crippen LogP contribution in [0.3, 0.4) is 0 Å². The van der Waals surface area contributed by atoms with Gasteiger partial charge in [0.15, 0.2) is 0 Å². The largest absolute Gasteiger partial charge is 0.443 e. The quantitative estimate of drug-likeness (QED) is 0.811. The number of benzene rings is 1. The number of nitrogens with zero attached hydrogens (tertiary/aromatic N) is 3. The number of carbonyl (C=O) groups is 2. The van der Waals surface area contributed by atoms with Crippen LogP contribution in [0.25, 0.3) is 0 Å². The third-order valence-corrected chi connectivity index (χ3v) is 5.25. The Bertz CT molecular complexity index is 851. The van der Waals surface area contributed by atoms with E-state index in [1.165, 1.54) is 6.07 Å². The van der Waals surface area contributed by atoms with E-state index in [0.717, 1.165) is 19.3 Å². The molecule has 2 aliphatic heterocycles. The zero-order valence-electron chi connectivity index (χ0n) is 15.1. The van der Waals surface area contributed by atoms with Crippen molar-refractivity contribution < 1.29 is 18.4 Å². The Morgan fingerprint density at radius 1 is 1.26 bits per heavy atom. The Morgan fingerprint density at radius 2 is 2.11 bits per heavy atom. The van der Waals surface area contributed by atoms with E-state index >= 15 is 0 Å². The molecule has 2 fully saturated rings. The maximum atomic E-state index is 13.8. The Balaban J connectivity index is 1.44. The first kappa shape index (κ1) is 17.7. The summed E-state index contributed by atoms with van der Waals surface area (Å²) in [4.78, 5) is 32.2. The minimum Gasteiger partial charge on any atom is -0.443 e. The van der Waals surface area contributed by atoms with Crippen molar-refractivity contribution in [2.45, 2.75) is 38.1 Å². The fourth-order valence-electron chi connectivity index (χ4n) is 3.84. The van der Waals surface area contributed by atoms with Gasteiger partial charge >= 0.3 is 0 Å². The highest BCUT2D eigenvalue weighted by atomic mass is 19.1. The van der Waals surface area contributed by atoms with Gasteiger partial charge in [0.2, 0.25) is 17.7 Å². The van der Waals surface area contributed by atoms with Crippen LogP contribution in [-0.4, -0.2) is 46.2 Å². The first-order chi connectivity index (χ1) is 13.1. The minimum atomic E-state index is -0.275. The summed E-state index contributed by atoms with van der Waals surface area (Å²) in [5, 5.41) is 0. The number of aromatic nitrogens is 1. The molecule has 4 rings (SSSR count). The minimum absolute atomic E-state index is 0.0439. The number of hydrogen-bond acceptors (Lipinski definition) is 4. The van der Waals surface area contributed by atoms with E-state index in [0.29, 0.717) is 43.1 Å². The van der Waals surface area contributed by atoms with E-state index < -0.39 is 0 Å². The predicted octanol–water partition coefficient (Wildman–Crippen LogP) is 2.69. The predicted molar refractivity (Wildman–Crippen MR) is 95.2 cm³/mol. The molecule has 0 saturated carbocycles. The second kappa shape index (κ2) is 7.50. The van der Waals surface area contributed by atoms with E-state index in [2.05, 4.69) is 4.98 Å². The van der Waals surface area contributed by atoms with Crippen molar-refractivity contribution >= 4 is 11.8 Å². The fraction of sp³-hybridized carbons (Fsp3) is 0.450. The lowest BCUT2D eigenvalue weighted by Crippen LogP contribution is -2.40. The summed E-state index contributed by atoms with van der Waals surface area (Å²) in [6, 6.07) is 6.36. The summed E-state index contributed by atoms with van der Waals surface area (Å²) in [6.45, 7) is 1.41. The van der Waals surface area contributed by atoms with Crippen LogP contribution in [0.4, 0.5) is 4.39 Å². The average Bonchev–Trinajstić information content (AvgIpc) is 3.38. The smallest absolute Gasteiger partial charge is 0.242 e. The molecule has 7 heteroatoms. The first-order valence-corrected chi connectivity index (χ1v) is 9.37. The van der Waals surface area contributed by atoms with Crippen LogP contribution in [-0.2, 0) is 16.0 Å². The van der Waals surface area contributed by atoms with Gasteiger partial charge in [-0.15, -0.1) is 0 Å². The van der Waals surface area contributed by atoms with E-state index in [1.54, 1.807) is 34.2 Å². The molecule has 6 nitrogen and oxygen atoms in total. The highest BCUT2D eigenvalue weighted by Gasteiger charge is 2.35. The molecule has 1 aromatic heterocycles. The van der Waals surface area contributed by atoms with Crippen LogP contribution in [0.15, 0.2) is 34.9 Å². The van der Waals surface area contributed by atoms with Crippen LogP contribution in [0.1, 0.15) is 48.9 Å². The Labute approximate surface area is 157 Å². The van der Waals surface area contributed by atoms with Crippen molar-refractivity contribution in [3.05, 3.63) is 53.5 Å². The van der Waals surface area contributed by atoms with E-state index in [9.17, 15) is 14.0 Å². The second-order valence-corrected chi connectivity index (χ2v) is 7.10. The molecule has 1 atom stereocenters. The van der Waals surface area contributed by atoms with E-state index in [-0.39, 0.29) is 30.2 Å². The number of carbonyl (C=O) groups excluding carboxylic acids is 2. The zero-order chi connectivity index (χ0) is 18.8. The lowest BCUT2D eigenvalue weighted by molar-refractivity contribution is -0.139. The highest BCUT2D eigenvalue weighted by Crippen LogP contribution is 2.32. The lowest BCUT2D eigenvalue weighted by atomic mass is 10.1. The molecule has 27 heavy (non-hydrogen) atoms. The first-order valence-electron chi connectivity index (χ1n) is 9.37. The molecule has 3 heterocycles. The molecule has 2 aromatic rings. The molecule has 0 N–H and O–H groups in total. The standard InChI is InChI=1S/C20H22FN3O3/c21-16-6-2-1-5-14(16)11-15-12-22-20(27-15)17-7-3-10-24(17)19(26)13-23-9-4-8-18(23)25/h1-2,5-6,12,17H,3-4,7-11,13H2. The number of rotatable bonds is 5. The Hall–Kier alpha value is -2.70. The highest BCUT2D eigenvalue weighted by molar-refractivity contribution is 5.86. The monoisotopic (exact) mass is 371 g/mol. The van der Waals surface area contributed by atoms with Crippen molar-refractivity contribution in [2.75, 3.05) is 19.6 Å². The summed E-state index contributed by atoms with van der Waals surface area (Å²) in [7, 11) is 0. The number of amides is 2. The third-order valence-electron chi connectivity index (χ3n) is 5.25. The molecule has 0 radical (unpaired) electrons. The third kappa shape index (κ3) is 3.72. The van der Waals surface area contributed by atoms with Gasteiger partial charge in [-0.25, -0.2) is 9.37 Å². The number of hydrogen-bond donors (Lipinski definition) is 0. The van der Waals surface area contributed by atoms with Crippen LogP contribution >= 0.6 is 0 Å². The van der Waals surface area contributed by atoms with Crippen molar-refractivity contribution in [3.8, 4) is 0 Å². The van der Waals surface area contributed by atoms with Gasteiger partial charge in [0.1, 0.15) is 17.6 Å². The molecular formula is C20H22FN3O3. The Kier molecular flexibility index (Phi) is 4.92. The Morgan fingerprint density at radius 3 is 2.89 bits per heavy atom. The molecule has 0 spiro atoms. The molecule has 0 aliphatic carbocycles. The summed E-state index contributed by atoms with van der Waals surface area (Å²) < 4.78 is 19.7. The summed E-state index contributed by atoms with van der Waals surface area (Å²) >= 11 is 0. The summed E-state index contributed by atoms with van der Waals surface area (Å²) in [6.07, 6.45) is 4.91. The number of halogens is 1. The van der Waals surface area contributed by atoms with Gasteiger partial charge in [-0.3, -0.25) is 9.59 Å². The van der Waals surface area contributed by atoms with Gasteiger partial charge in [-0.05, 0) is 30.9 Å². The van der Waals surface area contributed by atoms with Gasteiger partial charge in [0.25, 0.3) is 0 Å². The van der Waals surface area contributed by atoms with Crippen LogP contribution in [0, 0.1) is 5.82 Å². The van der Waals surface area contributed by atoms with Crippen LogP contribution in [0.5, 0.6) is 0 Å². The molecule has 142 valence electrons. The van der Waals surface area contributed by atoms with Crippen molar-refractivity contribution in [1.29, 1.82) is 0 Å². The molecule has 0 bridgehead atoms. The maximum Gasteiger partial charge on any atom is 0.242 e. The molecule has 2 amide bonds. The molecule has 2 aliphatic rings. The molecule has 1 aromatic carbocycles. The van der Waals surface area contributed by atoms with E-state index in [1.807, 2.05) is 0 Å². The van der Waals surface area contributed by atoms with Gasteiger partial charge in [0, 0.05) is 25.9 Å². The SMILES string of the molecule is O=C1CCCN1CC(=O)N1CCCC1c1ncc(Cc2ccccc2F)o1. The average molecular weight is 371 g/mol. The molecule has 1 unspecified atom stereocenters. The van der Waals surface area contributed by atoms with Crippen molar-refractivity contribution in [3.63, 3.8) is 0 Å².